The van der Waals surface area contributed by atoms with Crippen LogP contribution in [0.1, 0.15) is 22.6 Å². The molecule has 1 heterocycles. The molecule has 0 radical (unpaired) electrons. The Morgan fingerprint density at radius 2 is 1.77 bits per heavy atom. The van der Waals surface area contributed by atoms with Crippen molar-refractivity contribution in [2.75, 3.05) is 6.54 Å². The molecule has 6 heteroatoms. The summed E-state index contributed by atoms with van der Waals surface area (Å²) >= 11 is 0. The Kier molecular flexibility index (Phi) is 6.38. The minimum Gasteiger partial charge on any atom is -0.489 e. The lowest BCUT2D eigenvalue weighted by Crippen LogP contribution is -2.34. The van der Waals surface area contributed by atoms with Gasteiger partial charge in [0.05, 0.1) is 6.21 Å². The Bertz CT molecular complexity index is 1070. The van der Waals surface area contributed by atoms with Gasteiger partial charge in [0.1, 0.15) is 18.3 Å². The smallest absolute Gasteiger partial charge is 0.253 e. The van der Waals surface area contributed by atoms with E-state index >= 15 is 0 Å². The highest BCUT2D eigenvalue weighted by molar-refractivity contribution is 6.03. The van der Waals surface area contributed by atoms with Crippen LogP contribution in [0.4, 0.5) is 0 Å². The van der Waals surface area contributed by atoms with Crippen LogP contribution in [-0.2, 0) is 16.2 Å². The van der Waals surface area contributed by atoms with Gasteiger partial charge in [0.2, 0.25) is 5.91 Å². The molecular formula is C25H23N3O3. The van der Waals surface area contributed by atoms with Crippen LogP contribution < -0.4 is 15.5 Å². The number of nitrogens with one attached hydrogen (secondary N) is 2. The Morgan fingerprint density at radius 3 is 2.55 bits per heavy atom. The van der Waals surface area contributed by atoms with Crippen LogP contribution in [0.2, 0.25) is 0 Å². The number of benzene rings is 3. The Hall–Kier alpha value is -3.93. The average Bonchev–Trinajstić information content (AvgIpc) is 3.21. The number of amides is 2. The molecule has 0 saturated carbocycles. The van der Waals surface area contributed by atoms with Gasteiger partial charge in [-0.2, -0.15) is 5.10 Å². The maximum Gasteiger partial charge on any atom is 0.253 e. The van der Waals surface area contributed by atoms with E-state index in [2.05, 4.69) is 15.8 Å². The van der Waals surface area contributed by atoms with Crippen LogP contribution in [0.15, 0.2) is 90.0 Å². The minimum atomic E-state index is -0.805. The summed E-state index contributed by atoms with van der Waals surface area (Å²) in [7, 11) is 0. The summed E-state index contributed by atoms with van der Waals surface area (Å²) in [4.78, 5) is 24.9. The quantitative estimate of drug-likeness (QED) is 0.355. The molecule has 1 aliphatic heterocycles. The summed E-state index contributed by atoms with van der Waals surface area (Å²) in [5, 5.41) is 6.82. The van der Waals surface area contributed by atoms with Crippen molar-refractivity contribution in [3.63, 3.8) is 0 Å². The van der Waals surface area contributed by atoms with Crippen LogP contribution in [-0.4, -0.2) is 24.6 Å². The summed E-state index contributed by atoms with van der Waals surface area (Å²) in [5.74, 6) is -1.01. The van der Waals surface area contributed by atoms with Crippen molar-refractivity contribution < 1.29 is 14.3 Å². The molecule has 2 N–H and O–H groups in total. The van der Waals surface area contributed by atoms with Gasteiger partial charge in [-0.15, -0.1) is 0 Å². The fourth-order valence-corrected chi connectivity index (χ4v) is 3.60. The highest BCUT2D eigenvalue weighted by atomic mass is 16.5. The number of hydrazone groups is 1. The maximum atomic E-state index is 12.6. The second kappa shape index (κ2) is 9.71. The highest BCUT2D eigenvalue weighted by Gasteiger charge is 2.40. The van der Waals surface area contributed by atoms with E-state index in [-0.39, 0.29) is 11.8 Å². The molecule has 0 bridgehead atoms. The summed E-state index contributed by atoms with van der Waals surface area (Å²) in [6.07, 6.45) is 1.54. The van der Waals surface area contributed by atoms with Crippen molar-refractivity contribution in [2.45, 2.75) is 12.5 Å². The molecule has 0 aliphatic carbocycles. The summed E-state index contributed by atoms with van der Waals surface area (Å²) < 4.78 is 5.82. The fourth-order valence-electron chi connectivity index (χ4n) is 3.60. The van der Waals surface area contributed by atoms with E-state index in [1.807, 2.05) is 84.9 Å². The van der Waals surface area contributed by atoms with Crippen LogP contribution in [0.5, 0.6) is 5.75 Å². The third-order valence-corrected chi connectivity index (χ3v) is 5.19. The van der Waals surface area contributed by atoms with Gasteiger partial charge in [0.15, 0.2) is 0 Å². The monoisotopic (exact) mass is 413 g/mol. The SMILES string of the molecule is O=C1NC[C@H](c2ccccc2)[C@H]1C(=O)N/N=C/c1cccc(OCc2ccccc2)c1. The summed E-state index contributed by atoms with van der Waals surface area (Å²) in [5.41, 5.74) is 5.32. The molecule has 3 aromatic rings. The van der Waals surface area contributed by atoms with Crippen molar-refractivity contribution in [1.29, 1.82) is 0 Å². The van der Waals surface area contributed by atoms with Gasteiger partial charge in [-0.1, -0.05) is 72.8 Å². The van der Waals surface area contributed by atoms with Crippen molar-refractivity contribution in [3.8, 4) is 5.75 Å². The number of nitrogens with zero attached hydrogens (tertiary/aromatic N) is 1. The van der Waals surface area contributed by atoms with E-state index in [9.17, 15) is 9.59 Å². The van der Waals surface area contributed by atoms with E-state index in [1.54, 1.807) is 0 Å². The number of carbonyl (C=O) groups is 2. The van der Waals surface area contributed by atoms with Crippen LogP contribution in [0, 0.1) is 5.92 Å². The molecule has 1 aliphatic rings. The first-order chi connectivity index (χ1) is 15.2. The second-order valence-electron chi connectivity index (χ2n) is 7.32. The van der Waals surface area contributed by atoms with Gasteiger partial charge in [-0.25, -0.2) is 5.43 Å². The summed E-state index contributed by atoms with van der Waals surface area (Å²) in [6.45, 7) is 0.904. The molecule has 0 spiro atoms. The minimum absolute atomic E-state index is 0.210. The number of ether oxygens (including phenoxy) is 1. The lowest BCUT2D eigenvalue weighted by Gasteiger charge is -2.15. The van der Waals surface area contributed by atoms with Crippen LogP contribution in [0.25, 0.3) is 0 Å². The van der Waals surface area contributed by atoms with Gasteiger partial charge >= 0.3 is 0 Å². The van der Waals surface area contributed by atoms with Gasteiger partial charge in [0, 0.05) is 12.5 Å². The van der Waals surface area contributed by atoms with Crippen LogP contribution in [0.3, 0.4) is 0 Å². The molecule has 2 amide bonds. The lowest BCUT2D eigenvalue weighted by molar-refractivity contribution is -0.133. The molecule has 4 rings (SSSR count). The molecule has 31 heavy (non-hydrogen) atoms. The predicted molar refractivity (Wildman–Crippen MR) is 119 cm³/mol. The Morgan fingerprint density at radius 1 is 1.03 bits per heavy atom. The third-order valence-electron chi connectivity index (χ3n) is 5.19. The number of carbonyl (C=O) groups excluding carboxylic acids is 2. The molecular weight excluding hydrogens is 390 g/mol. The zero-order chi connectivity index (χ0) is 21.5. The number of rotatable bonds is 7. The topological polar surface area (TPSA) is 79.8 Å². The number of hydrogen-bond donors (Lipinski definition) is 2. The first-order valence-electron chi connectivity index (χ1n) is 10.1. The van der Waals surface area contributed by atoms with Crippen molar-refractivity contribution >= 4 is 18.0 Å². The van der Waals surface area contributed by atoms with Gasteiger partial charge < -0.3 is 10.1 Å². The van der Waals surface area contributed by atoms with Crippen LogP contribution >= 0.6 is 0 Å². The van der Waals surface area contributed by atoms with Crippen molar-refractivity contribution in [3.05, 3.63) is 102 Å². The number of hydrogen-bond acceptors (Lipinski definition) is 4. The average molecular weight is 413 g/mol. The lowest BCUT2D eigenvalue weighted by atomic mass is 9.88. The molecule has 0 unspecified atom stereocenters. The standard InChI is InChI=1S/C25H23N3O3/c29-24-23(22(16-26-24)20-11-5-2-6-12-20)25(30)28-27-15-19-10-7-13-21(14-19)31-17-18-8-3-1-4-9-18/h1-15,22-23H,16-17H2,(H,26,29)(H,28,30)/b27-15+/t22-,23-/m1/s1. The maximum absolute atomic E-state index is 12.6. The van der Waals surface area contributed by atoms with E-state index < -0.39 is 11.8 Å². The normalized spacial score (nSPS) is 18.0. The molecule has 1 saturated heterocycles. The fraction of sp³-hybridized carbons (Fsp3) is 0.160. The molecule has 6 nitrogen and oxygen atoms in total. The zero-order valence-corrected chi connectivity index (χ0v) is 16.9. The van der Waals surface area contributed by atoms with E-state index in [0.29, 0.717) is 18.9 Å². The Balaban J connectivity index is 1.36. The predicted octanol–water partition coefficient (Wildman–Crippen LogP) is 3.25. The summed E-state index contributed by atoms with van der Waals surface area (Å²) in [6, 6.07) is 26.9. The Labute approximate surface area is 180 Å². The molecule has 156 valence electrons. The van der Waals surface area contributed by atoms with Crippen molar-refractivity contribution in [2.24, 2.45) is 11.0 Å². The molecule has 3 aromatic carbocycles. The molecule has 1 fully saturated rings. The highest BCUT2D eigenvalue weighted by Crippen LogP contribution is 2.29. The van der Waals surface area contributed by atoms with Gasteiger partial charge in [-0.05, 0) is 28.8 Å². The largest absolute Gasteiger partial charge is 0.489 e. The van der Waals surface area contributed by atoms with Gasteiger partial charge in [-0.3, -0.25) is 9.59 Å². The first-order valence-corrected chi connectivity index (χ1v) is 10.1. The van der Waals surface area contributed by atoms with Crippen molar-refractivity contribution in [1.82, 2.24) is 10.7 Å². The third kappa shape index (κ3) is 5.17. The second-order valence-corrected chi connectivity index (χ2v) is 7.32. The first kappa shape index (κ1) is 20.3. The molecule has 0 aromatic heterocycles. The van der Waals surface area contributed by atoms with E-state index in [0.717, 1.165) is 16.7 Å². The van der Waals surface area contributed by atoms with E-state index in [4.69, 9.17) is 4.74 Å². The molecule has 2 atom stereocenters. The van der Waals surface area contributed by atoms with Gasteiger partial charge in [0.25, 0.3) is 5.91 Å². The van der Waals surface area contributed by atoms with E-state index in [1.165, 1.54) is 6.21 Å². The zero-order valence-electron chi connectivity index (χ0n) is 16.9.